The molecule has 1 unspecified atom stereocenters. The molecule has 0 saturated heterocycles. The molecule has 1 aromatic carbocycles. The minimum absolute atomic E-state index is 0.0115. The molecule has 1 aliphatic rings. The van der Waals surface area contributed by atoms with Gasteiger partial charge in [0.2, 0.25) is 5.91 Å². The van der Waals surface area contributed by atoms with E-state index in [1.165, 1.54) is 6.07 Å². The third kappa shape index (κ3) is 2.78. The van der Waals surface area contributed by atoms with Gasteiger partial charge in [0, 0.05) is 19.6 Å². The molecule has 19 heavy (non-hydrogen) atoms. The van der Waals surface area contributed by atoms with Crippen LogP contribution >= 0.6 is 0 Å². The second-order valence-electron chi connectivity index (χ2n) is 5.74. The van der Waals surface area contributed by atoms with Crippen LogP contribution in [0.25, 0.3) is 0 Å². The Balaban J connectivity index is 2.04. The third-order valence-electron chi connectivity index (χ3n) is 3.85. The molecule has 0 spiro atoms. The van der Waals surface area contributed by atoms with Gasteiger partial charge < -0.3 is 10.6 Å². The van der Waals surface area contributed by atoms with Gasteiger partial charge >= 0.3 is 0 Å². The number of hydrogen-bond donors (Lipinski definition) is 2. The van der Waals surface area contributed by atoms with Gasteiger partial charge in [-0.05, 0) is 43.9 Å². The number of carbonyl (C=O) groups is 1. The van der Waals surface area contributed by atoms with Crippen molar-refractivity contribution < 1.29 is 9.18 Å². The monoisotopic (exact) mass is 264 g/mol. The summed E-state index contributed by atoms with van der Waals surface area (Å²) in [6.45, 7) is 4.38. The molecule has 0 bridgehead atoms. The van der Waals surface area contributed by atoms with Crippen LogP contribution in [0.4, 0.5) is 4.39 Å². The number of benzene rings is 1. The van der Waals surface area contributed by atoms with Crippen molar-refractivity contribution in [2.75, 3.05) is 13.6 Å². The van der Waals surface area contributed by atoms with E-state index in [0.29, 0.717) is 6.54 Å². The Labute approximate surface area is 113 Å². The van der Waals surface area contributed by atoms with E-state index in [-0.39, 0.29) is 17.8 Å². The first-order valence-corrected chi connectivity index (χ1v) is 6.68. The molecule has 1 aliphatic carbocycles. The Morgan fingerprint density at radius 1 is 1.47 bits per heavy atom. The zero-order valence-corrected chi connectivity index (χ0v) is 11.7. The topological polar surface area (TPSA) is 41.1 Å². The maximum Gasteiger partial charge on any atom is 0.226 e. The maximum atomic E-state index is 13.6. The molecule has 104 valence electrons. The number of halogens is 1. The smallest absolute Gasteiger partial charge is 0.226 e. The molecular formula is C15H21FN2O. The van der Waals surface area contributed by atoms with Crippen LogP contribution < -0.4 is 10.6 Å². The highest BCUT2D eigenvalue weighted by atomic mass is 19.1. The average Bonchev–Trinajstić information content (AvgIpc) is 2.80. The molecule has 1 aromatic rings. The highest BCUT2D eigenvalue weighted by Crippen LogP contribution is 2.33. The van der Waals surface area contributed by atoms with Crippen molar-refractivity contribution in [1.82, 2.24) is 10.6 Å². The first-order chi connectivity index (χ1) is 8.95. The standard InChI is InChI=1S/C15H21FN2O/c1-15(2,14(19)17-3)9-18-13-8-7-10-11(13)5-4-6-12(10)16/h4-6,13,18H,7-9H2,1-3H3,(H,17,19). The molecule has 0 fully saturated rings. The number of hydrogen-bond acceptors (Lipinski definition) is 2. The summed E-state index contributed by atoms with van der Waals surface area (Å²) in [5, 5.41) is 6.06. The lowest BCUT2D eigenvalue weighted by Crippen LogP contribution is -2.42. The summed E-state index contributed by atoms with van der Waals surface area (Å²) in [7, 11) is 1.64. The first-order valence-electron chi connectivity index (χ1n) is 6.68. The Bertz CT molecular complexity index is 485. The molecule has 4 heteroatoms. The van der Waals surface area contributed by atoms with Gasteiger partial charge in [-0.1, -0.05) is 12.1 Å². The molecule has 0 heterocycles. The van der Waals surface area contributed by atoms with E-state index in [1.54, 1.807) is 13.1 Å². The Morgan fingerprint density at radius 2 is 2.21 bits per heavy atom. The Kier molecular flexibility index (Phi) is 3.90. The molecule has 2 rings (SSSR count). The van der Waals surface area contributed by atoms with Crippen LogP contribution in [0.5, 0.6) is 0 Å². The van der Waals surface area contributed by atoms with Crippen molar-refractivity contribution in [2.45, 2.75) is 32.7 Å². The molecule has 0 aliphatic heterocycles. The summed E-state index contributed by atoms with van der Waals surface area (Å²) in [4.78, 5) is 11.7. The number of carbonyl (C=O) groups excluding carboxylic acids is 1. The molecular weight excluding hydrogens is 243 g/mol. The van der Waals surface area contributed by atoms with Gasteiger partial charge in [0.15, 0.2) is 0 Å². The van der Waals surface area contributed by atoms with E-state index in [4.69, 9.17) is 0 Å². The van der Waals surface area contributed by atoms with Crippen LogP contribution in [0.1, 0.15) is 37.4 Å². The number of fused-ring (bicyclic) bond motifs is 1. The lowest BCUT2D eigenvalue weighted by molar-refractivity contribution is -0.128. The van der Waals surface area contributed by atoms with Gasteiger partial charge in [-0.3, -0.25) is 4.79 Å². The van der Waals surface area contributed by atoms with E-state index in [9.17, 15) is 9.18 Å². The van der Waals surface area contributed by atoms with Crippen molar-refractivity contribution in [3.8, 4) is 0 Å². The fourth-order valence-corrected chi connectivity index (χ4v) is 2.62. The normalized spacial score (nSPS) is 18.2. The van der Waals surface area contributed by atoms with Gasteiger partial charge in [-0.15, -0.1) is 0 Å². The van der Waals surface area contributed by atoms with E-state index >= 15 is 0 Å². The van der Waals surface area contributed by atoms with Crippen molar-refractivity contribution in [2.24, 2.45) is 5.41 Å². The zero-order chi connectivity index (χ0) is 14.0. The van der Waals surface area contributed by atoms with Crippen LogP contribution in [0.3, 0.4) is 0 Å². The molecule has 1 amide bonds. The fourth-order valence-electron chi connectivity index (χ4n) is 2.62. The first kappa shape index (κ1) is 14.0. The summed E-state index contributed by atoms with van der Waals surface area (Å²) < 4.78 is 13.6. The largest absolute Gasteiger partial charge is 0.359 e. The summed E-state index contributed by atoms with van der Waals surface area (Å²) in [6, 6.07) is 5.37. The molecule has 0 aromatic heterocycles. The number of nitrogens with one attached hydrogen (secondary N) is 2. The SMILES string of the molecule is CNC(=O)C(C)(C)CNC1CCc2c(F)cccc21. The van der Waals surface area contributed by atoms with Crippen molar-refractivity contribution in [3.05, 3.63) is 35.1 Å². The lowest BCUT2D eigenvalue weighted by atomic mass is 9.91. The van der Waals surface area contributed by atoms with Gasteiger partial charge in [0.25, 0.3) is 0 Å². The highest BCUT2D eigenvalue weighted by Gasteiger charge is 2.30. The van der Waals surface area contributed by atoms with Gasteiger partial charge in [0.1, 0.15) is 5.82 Å². The Morgan fingerprint density at radius 3 is 2.89 bits per heavy atom. The maximum absolute atomic E-state index is 13.6. The van der Waals surface area contributed by atoms with E-state index in [0.717, 1.165) is 24.0 Å². The molecule has 3 nitrogen and oxygen atoms in total. The van der Waals surface area contributed by atoms with Crippen LogP contribution in [-0.2, 0) is 11.2 Å². The molecule has 0 radical (unpaired) electrons. The van der Waals surface area contributed by atoms with Crippen molar-refractivity contribution in [1.29, 1.82) is 0 Å². The Hall–Kier alpha value is -1.42. The van der Waals surface area contributed by atoms with E-state index in [2.05, 4.69) is 10.6 Å². The summed E-state index contributed by atoms with van der Waals surface area (Å²) in [5.41, 5.74) is 1.38. The van der Waals surface area contributed by atoms with Gasteiger partial charge in [-0.25, -0.2) is 4.39 Å². The number of rotatable bonds is 4. The minimum atomic E-state index is -0.467. The van der Waals surface area contributed by atoms with Gasteiger partial charge in [-0.2, -0.15) is 0 Å². The van der Waals surface area contributed by atoms with E-state index in [1.807, 2.05) is 19.9 Å². The predicted molar refractivity (Wildman–Crippen MR) is 73.3 cm³/mol. The van der Waals surface area contributed by atoms with Crippen molar-refractivity contribution in [3.63, 3.8) is 0 Å². The number of amides is 1. The molecule has 0 saturated carbocycles. The zero-order valence-electron chi connectivity index (χ0n) is 11.7. The van der Waals surface area contributed by atoms with Crippen LogP contribution in [0.2, 0.25) is 0 Å². The lowest BCUT2D eigenvalue weighted by Gasteiger charge is -2.25. The summed E-state index contributed by atoms with van der Waals surface area (Å²) in [5.74, 6) is -0.107. The molecule has 2 N–H and O–H groups in total. The quantitative estimate of drug-likeness (QED) is 0.875. The summed E-state index contributed by atoms with van der Waals surface area (Å²) >= 11 is 0. The van der Waals surface area contributed by atoms with E-state index < -0.39 is 5.41 Å². The minimum Gasteiger partial charge on any atom is -0.359 e. The van der Waals surface area contributed by atoms with Crippen LogP contribution in [-0.4, -0.2) is 19.5 Å². The van der Waals surface area contributed by atoms with Crippen molar-refractivity contribution >= 4 is 5.91 Å². The second kappa shape index (κ2) is 5.29. The average molecular weight is 264 g/mol. The second-order valence-corrected chi connectivity index (χ2v) is 5.74. The third-order valence-corrected chi connectivity index (χ3v) is 3.85. The summed E-state index contributed by atoms with van der Waals surface area (Å²) in [6.07, 6.45) is 1.65. The highest BCUT2D eigenvalue weighted by molar-refractivity contribution is 5.81. The molecule has 1 atom stereocenters. The predicted octanol–water partition coefficient (Wildman–Crippen LogP) is 2.17. The van der Waals surface area contributed by atoms with Crippen LogP contribution in [0.15, 0.2) is 18.2 Å². The van der Waals surface area contributed by atoms with Gasteiger partial charge in [0.05, 0.1) is 5.41 Å². The van der Waals surface area contributed by atoms with Crippen LogP contribution in [0, 0.1) is 11.2 Å². The fraction of sp³-hybridized carbons (Fsp3) is 0.533.